The van der Waals surface area contributed by atoms with Gasteiger partial charge in [0.2, 0.25) is 0 Å². The van der Waals surface area contributed by atoms with Crippen molar-refractivity contribution < 1.29 is 9.21 Å². The third-order valence-corrected chi connectivity index (χ3v) is 2.65. The molecule has 0 aliphatic carbocycles. The molecule has 0 fully saturated rings. The molecular weight excluding hydrogens is 238 g/mol. The molecular formula is C11H11N3O2S. The number of amides is 1. The van der Waals surface area contributed by atoms with E-state index < -0.39 is 0 Å². The number of thioether (sulfide) groups is 1. The van der Waals surface area contributed by atoms with Crippen LogP contribution in [0, 0.1) is 0 Å². The molecule has 0 aliphatic heterocycles. The fraction of sp³-hybridized carbons (Fsp3) is 0.182. The van der Waals surface area contributed by atoms with Gasteiger partial charge in [-0.3, -0.25) is 4.79 Å². The van der Waals surface area contributed by atoms with Gasteiger partial charge in [0.05, 0.1) is 18.4 Å². The Balaban J connectivity index is 1.95. The molecule has 0 atom stereocenters. The average Bonchev–Trinajstić information content (AvgIpc) is 2.89. The lowest BCUT2D eigenvalue weighted by molar-refractivity contribution is 0.0947. The van der Waals surface area contributed by atoms with Gasteiger partial charge < -0.3 is 9.73 Å². The maximum absolute atomic E-state index is 11.7. The lowest BCUT2D eigenvalue weighted by Gasteiger charge is -2.02. The van der Waals surface area contributed by atoms with Crippen molar-refractivity contribution in [2.45, 2.75) is 11.7 Å². The van der Waals surface area contributed by atoms with Crippen molar-refractivity contribution in [2.24, 2.45) is 0 Å². The van der Waals surface area contributed by atoms with Crippen LogP contribution in [0.1, 0.15) is 16.1 Å². The second-order valence-corrected chi connectivity index (χ2v) is 3.99. The van der Waals surface area contributed by atoms with Crippen LogP contribution in [0.5, 0.6) is 0 Å². The second-order valence-electron chi connectivity index (χ2n) is 3.22. The fourth-order valence-electron chi connectivity index (χ4n) is 1.22. The molecule has 0 aromatic carbocycles. The molecule has 17 heavy (non-hydrogen) atoms. The summed E-state index contributed by atoms with van der Waals surface area (Å²) in [6, 6.07) is 3.57. The molecule has 0 spiro atoms. The van der Waals surface area contributed by atoms with E-state index in [1.807, 2.05) is 6.26 Å². The SMILES string of the molecule is CSc1ncc(C(=O)NCc2ccco2)cn1. The summed E-state index contributed by atoms with van der Waals surface area (Å²) in [4.78, 5) is 19.8. The van der Waals surface area contributed by atoms with E-state index in [2.05, 4.69) is 15.3 Å². The first kappa shape index (κ1) is 11.7. The van der Waals surface area contributed by atoms with Crippen molar-refractivity contribution in [3.05, 3.63) is 42.1 Å². The predicted octanol–water partition coefficient (Wildman–Crippen LogP) is 1.72. The van der Waals surface area contributed by atoms with Gasteiger partial charge in [-0.2, -0.15) is 0 Å². The summed E-state index contributed by atoms with van der Waals surface area (Å²) >= 11 is 1.43. The third kappa shape index (κ3) is 3.07. The number of aromatic nitrogens is 2. The highest BCUT2D eigenvalue weighted by Crippen LogP contribution is 2.07. The van der Waals surface area contributed by atoms with Crippen molar-refractivity contribution in [3.63, 3.8) is 0 Å². The fourth-order valence-corrected chi connectivity index (χ4v) is 1.54. The van der Waals surface area contributed by atoms with Gasteiger partial charge in [0.15, 0.2) is 5.16 Å². The maximum atomic E-state index is 11.7. The Morgan fingerprint density at radius 3 is 2.82 bits per heavy atom. The normalized spacial score (nSPS) is 10.2. The summed E-state index contributed by atoms with van der Waals surface area (Å²) in [6.45, 7) is 0.357. The lowest BCUT2D eigenvalue weighted by atomic mass is 10.3. The number of nitrogens with zero attached hydrogens (tertiary/aromatic N) is 2. The van der Waals surface area contributed by atoms with Crippen LogP contribution in [-0.4, -0.2) is 22.1 Å². The van der Waals surface area contributed by atoms with Crippen LogP contribution in [0.25, 0.3) is 0 Å². The van der Waals surface area contributed by atoms with E-state index in [0.29, 0.717) is 23.0 Å². The third-order valence-electron chi connectivity index (χ3n) is 2.08. The van der Waals surface area contributed by atoms with Crippen molar-refractivity contribution in [1.82, 2.24) is 15.3 Å². The quantitative estimate of drug-likeness (QED) is 0.660. The Hall–Kier alpha value is -1.82. The van der Waals surface area contributed by atoms with Gasteiger partial charge in [0, 0.05) is 12.4 Å². The molecule has 0 aliphatic rings. The molecule has 1 amide bonds. The van der Waals surface area contributed by atoms with Gasteiger partial charge in [0.1, 0.15) is 5.76 Å². The topological polar surface area (TPSA) is 68.0 Å². The Morgan fingerprint density at radius 1 is 1.47 bits per heavy atom. The number of hydrogen-bond donors (Lipinski definition) is 1. The molecule has 0 saturated heterocycles. The number of furan rings is 1. The summed E-state index contributed by atoms with van der Waals surface area (Å²) in [6.07, 6.45) is 6.47. The van der Waals surface area contributed by atoms with Crippen LogP contribution >= 0.6 is 11.8 Å². The summed E-state index contributed by atoms with van der Waals surface area (Å²) in [5.41, 5.74) is 0.439. The molecule has 1 N–H and O–H groups in total. The molecule has 0 bridgehead atoms. The van der Waals surface area contributed by atoms with Crippen LogP contribution in [0.3, 0.4) is 0 Å². The smallest absolute Gasteiger partial charge is 0.254 e. The number of nitrogens with one attached hydrogen (secondary N) is 1. The number of rotatable bonds is 4. The van der Waals surface area contributed by atoms with E-state index in [-0.39, 0.29) is 5.91 Å². The summed E-state index contributed by atoms with van der Waals surface area (Å²) < 4.78 is 5.11. The van der Waals surface area contributed by atoms with E-state index in [1.54, 1.807) is 18.4 Å². The van der Waals surface area contributed by atoms with Gasteiger partial charge in [-0.15, -0.1) is 0 Å². The van der Waals surface area contributed by atoms with Crippen molar-refractivity contribution >= 4 is 17.7 Å². The summed E-state index contributed by atoms with van der Waals surface area (Å²) in [5, 5.41) is 3.37. The minimum absolute atomic E-state index is 0.214. The van der Waals surface area contributed by atoms with Crippen LogP contribution < -0.4 is 5.32 Å². The van der Waals surface area contributed by atoms with Crippen molar-refractivity contribution in [1.29, 1.82) is 0 Å². The number of carbonyl (C=O) groups is 1. The second kappa shape index (κ2) is 5.49. The predicted molar refractivity (Wildman–Crippen MR) is 63.7 cm³/mol. The molecule has 0 unspecified atom stereocenters. The van der Waals surface area contributed by atoms with Crippen molar-refractivity contribution in [2.75, 3.05) is 6.26 Å². The molecule has 0 radical (unpaired) electrons. The van der Waals surface area contributed by atoms with Crippen LogP contribution in [0.4, 0.5) is 0 Å². The minimum atomic E-state index is -0.214. The molecule has 5 nitrogen and oxygen atoms in total. The van der Waals surface area contributed by atoms with Gasteiger partial charge in [-0.1, -0.05) is 11.8 Å². The Kier molecular flexibility index (Phi) is 3.77. The zero-order chi connectivity index (χ0) is 12.1. The zero-order valence-corrected chi connectivity index (χ0v) is 10.0. The Bertz CT molecular complexity index is 482. The first-order chi connectivity index (χ1) is 8.29. The molecule has 2 rings (SSSR count). The highest BCUT2D eigenvalue weighted by Gasteiger charge is 2.07. The van der Waals surface area contributed by atoms with Crippen molar-refractivity contribution in [3.8, 4) is 0 Å². The molecule has 2 aromatic rings. The maximum Gasteiger partial charge on any atom is 0.254 e. The van der Waals surface area contributed by atoms with E-state index in [1.165, 1.54) is 24.2 Å². The van der Waals surface area contributed by atoms with Crippen LogP contribution in [0.2, 0.25) is 0 Å². The Morgan fingerprint density at radius 2 is 2.24 bits per heavy atom. The highest BCUT2D eigenvalue weighted by molar-refractivity contribution is 7.98. The summed E-state index contributed by atoms with van der Waals surface area (Å²) in [5.74, 6) is 0.494. The minimum Gasteiger partial charge on any atom is -0.467 e. The van der Waals surface area contributed by atoms with Gasteiger partial charge in [-0.25, -0.2) is 9.97 Å². The van der Waals surface area contributed by atoms with E-state index in [9.17, 15) is 4.79 Å². The van der Waals surface area contributed by atoms with Gasteiger partial charge >= 0.3 is 0 Å². The lowest BCUT2D eigenvalue weighted by Crippen LogP contribution is -2.22. The van der Waals surface area contributed by atoms with E-state index in [4.69, 9.17) is 4.42 Å². The monoisotopic (exact) mass is 249 g/mol. The zero-order valence-electron chi connectivity index (χ0n) is 9.21. The van der Waals surface area contributed by atoms with Gasteiger partial charge in [-0.05, 0) is 18.4 Å². The van der Waals surface area contributed by atoms with E-state index in [0.717, 1.165) is 0 Å². The van der Waals surface area contributed by atoms with Gasteiger partial charge in [0.25, 0.3) is 5.91 Å². The van der Waals surface area contributed by atoms with E-state index >= 15 is 0 Å². The molecule has 6 heteroatoms. The standard InChI is InChI=1S/C11H11N3O2S/c1-17-11-13-5-8(6-14-11)10(15)12-7-9-3-2-4-16-9/h2-6H,7H2,1H3,(H,12,15). The molecule has 88 valence electrons. The first-order valence-corrected chi connectivity index (χ1v) is 6.18. The molecule has 0 saturated carbocycles. The number of carbonyl (C=O) groups excluding carboxylic acids is 1. The largest absolute Gasteiger partial charge is 0.467 e. The highest BCUT2D eigenvalue weighted by atomic mass is 32.2. The average molecular weight is 249 g/mol. The first-order valence-electron chi connectivity index (χ1n) is 4.96. The number of hydrogen-bond acceptors (Lipinski definition) is 5. The Labute approximate surface area is 103 Å². The van der Waals surface area contributed by atoms with Crippen LogP contribution in [0.15, 0.2) is 40.4 Å². The molecule has 2 aromatic heterocycles. The summed E-state index contributed by atoms with van der Waals surface area (Å²) in [7, 11) is 0. The van der Waals surface area contributed by atoms with Crippen LogP contribution in [-0.2, 0) is 6.54 Å². The molecule has 2 heterocycles.